The van der Waals surface area contributed by atoms with Gasteiger partial charge in [0, 0.05) is 17.3 Å². The number of nitrogens with zero attached hydrogens (tertiary/aromatic N) is 4. The van der Waals surface area contributed by atoms with E-state index < -0.39 is 0 Å². The van der Waals surface area contributed by atoms with Crippen LogP contribution >= 0.6 is 11.3 Å². The molecule has 0 aromatic carbocycles. The molecule has 0 fully saturated rings. The molecule has 0 aliphatic rings. The van der Waals surface area contributed by atoms with Crippen LogP contribution in [0.2, 0.25) is 0 Å². The van der Waals surface area contributed by atoms with Crippen LogP contribution in [0.4, 0.5) is 5.82 Å². The molecule has 0 saturated heterocycles. The highest BCUT2D eigenvalue weighted by atomic mass is 32.1. The van der Waals surface area contributed by atoms with E-state index in [-0.39, 0.29) is 0 Å². The van der Waals surface area contributed by atoms with Crippen LogP contribution < -0.4 is 5.43 Å². The fourth-order valence-electron chi connectivity index (χ4n) is 1.79. The van der Waals surface area contributed by atoms with E-state index in [1.165, 1.54) is 4.88 Å². The lowest BCUT2D eigenvalue weighted by Gasteiger charge is -1.99. The third-order valence-corrected chi connectivity index (χ3v) is 4.01. The Balaban J connectivity index is 1.84. The highest BCUT2D eigenvalue weighted by Gasteiger charge is 2.06. The molecule has 3 heterocycles. The third kappa shape index (κ3) is 2.65. The molecule has 0 spiro atoms. The minimum absolute atomic E-state index is 0.733. The quantitative estimate of drug-likeness (QED) is 0.590. The Morgan fingerprint density at radius 3 is 2.95 bits per heavy atom. The summed E-state index contributed by atoms with van der Waals surface area (Å²) in [7, 11) is 0. The predicted molar refractivity (Wildman–Crippen MR) is 82.2 cm³/mol. The molecule has 0 unspecified atom stereocenters. The Bertz CT molecular complexity index is 736. The van der Waals surface area contributed by atoms with E-state index in [9.17, 15) is 0 Å². The number of hydrogen-bond acceptors (Lipinski definition) is 6. The van der Waals surface area contributed by atoms with Gasteiger partial charge in [0.05, 0.1) is 11.6 Å². The number of thiophene rings is 1. The molecule has 0 atom stereocenters. The summed E-state index contributed by atoms with van der Waals surface area (Å²) in [4.78, 5) is 14.8. The second-order valence-electron chi connectivity index (χ2n) is 4.16. The standard InChI is InChI=1S/C14H13N5S/c1-2-11-7-12-13(16-9-17-14(12)20-11)19-18-8-10-3-5-15-6-4-10/h3-9H,2H2,1H3,(H,16,17,19). The smallest absolute Gasteiger partial charge is 0.158 e. The van der Waals surface area contributed by atoms with Gasteiger partial charge in [-0.15, -0.1) is 11.3 Å². The van der Waals surface area contributed by atoms with Crippen molar-refractivity contribution in [3.05, 3.63) is 47.4 Å². The van der Waals surface area contributed by atoms with Crippen molar-refractivity contribution < 1.29 is 0 Å². The van der Waals surface area contributed by atoms with Crippen molar-refractivity contribution in [3.8, 4) is 0 Å². The van der Waals surface area contributed by atoms with Crippen LogP contribution in [0.25, 0.3) is 10.2 Å². The zero-order valence-corrected chi connectivity index (χ0v) is 11.8. The zero-order chi connectivity index (χ0) is 13.8. The number of nitrogens with one attached hydrogen (secondary N) is 1. The molecule has 0 aliphatic carbocycles. The predicted octanol–water partition coefficient (Wildman–Crippen LogP) is 3.09. The molecular formula is C14H13N5S. The molecule has 0 saturated carbocycles. The molecule has 0 bridgehead atoms. The largest absolute Gasteiger partial charge is 0.265 e. The summed E-state index contributed by atoms with van der Waals surface area (Å²) < 4.78 is 0. The topological polar surface area (TPSA) is 63.1 Å². The Labute approximate surface area is 120 Å². The lowest BCUT2D eigenvalue weighted by molar-refractivity contribution is 1.18. The Hall–Kier alpha value is -2.34. The van der Waals surface area contributed by atoms with E-state index in [0.29, 0.717) is 0 Å². The number of hydrazone groups is 1. The van der Waals surface area contributed by atoms with Gasteiger partial charge in [-0.3, -0.25) is 10.4 Å². The average molecular weight is 283 g/mol. The molecule has 3 aromatic rings. The molecule has 3 rings (SSSR count). The summed E-state index contributed by atoms with van der Waals surface area (Å²) in [5, 5.41) is 5.22. The maximum atomic E-state index is 4.28. The molecule has 0 radical (unpaired) electrons. The minimum atomic E-state index is 0.733. The maximum Gasteiger partial charge on any atom is 0.158 e. The van der Waals surface area contributed by atoms with Gasteiger partial charge in [-0.05, 0) is 30.2 Å². The summed E-state index contributed by atoms with van der Waals surface area (Å²) in [6.07, 6.45) is 7.76. The first-order chi connectivity index (χ1) is 9.86. The lowest BCUT2D eigenvalue weighted by atomic mass is 10.3. The summed E-state index contributed by atoms with van der Waals surface area (Å²) in [5.41, 5.74) is 3.96. The average Bonchev–Trinajstić information content (AvgIpc) is 2.92. The minimum Gasteiger partial charge on any atom is -0.265 e. The Kier molecular flexibility index (Phi) is 3.64. The monoisotopic (exact) mass is 283 g/mol. The first-order valence-electron chi connectivity index (χ1n) is 6.29. The Morgan fingerprint density at radius 1 is 1.30 bits per heavy atom. The number of pyridine rings is 1. The second kappa shape index (κ2) is 5.75. The van der Waals surface area contributed by atoms with Crippen molar-refractivity contribution in [2.24, 2.45) is 5.10 Å². The van der Waals surface area contributed by atoms with Gasteiger partial charge in [0.15, 0.2) is 5.82 Å². The first kappa shape index (κ1) is 12.7. The number of aromatic nitrogens is 3. The third-order valence-electron chi connectivity index (χ3n) is 2.82. The van der Waals surface area contributed by atoms with Crippen molar-refractivity contribution in [1.82, 2.24) is 15.0 Å². The Morgan fingerprint density at radius 2 is 2.15 bits per heavy atom. The fraction of sp³-hybridized carbons (Fsp3) is 0.143. The van der Waals surface area contributed by atoms with Crippen LogP contribution in [0.15, 0.2) is 42.0 Å². The number of rotatable bonds is 4. The van der Waals surface area contributed by atoms with E-state index in [1.54, 1.807) is 36.3 Å². The van der Waals surface area contributed by atoms with Crippen LogP contribution in [0, 0.1) is 0 Å². The van der Waals surface area contributed by atoms with Crippen molar-refractivity contribution in [1.29, 1.82) is 0 Å². The summed E-state index contributed by atoms with van der Waals surface area (Å²) in [5.74, 6) is 0.733. The number of fused-ring (bicyclic) bond motifs is 1. The number of anilines is 1. The van der Waals surface area contributed by atoms with Crippen molar-refractivity contribution >= 4 is 33.6 Å². The SMILES string of the molecule is CCc1cc2c(NN=Cc3ccncc3)ncnc2s1. The van der Waals surface area contributed by atoms with Gasteiger partial charge in [-0.2, -0.15) is 5.10 Å². The molecule has 5 nitrogen and oxygen atoms in total. The molecule has 20 heavy (non-hydrogen) atoms. The molecule has 1 N–H and O–H groups in total. The fourth-order valence-corrected chi connectivity index (χ4v) is 2.72. The summed E-state index contributed by atoms with van der Waals surface area (Å²) in [6, 6.07) is 5.89. The van der Waals surface area contributed by atoms with Gasteiger partial charge < -0.3 is 0 Å². The van der Waals surface area contributed by atoms with E-state index in [1.807, 2.05) is 12.1 Å². The second-order valence-corrected chi connectivity index (χ2v) is 5.27. The van der Waals surface area contributed by atoms with Gasteiger partial charge in [-0.25, -0.2) is 9.97 Å². The normalized spacial score (nSPS) is 11.2. The van der Waals surface area contributed by atoms with Crippen LogP contribution in [-0.4, -0.2) is 21.2 Å². The van der Waals surface area contributed by atoms with E-state index >= 15 is 0 Å². The lowest BCUT2D eigenvalue weighted by Crippen LogP contribution is -1.94. The van der Waals surface area contributed by atoms with E-state index in [0.717, 1.165) is 28.0 Å². The van der Waals surface area contributed by atoms with Crippen molar-refractivity contribution in [2.45, 2.75) is 13.3 Å². The first-order valence-corrected chi connectivity index (χ1v) is 7.11. The zero-order valence-electron chi connectivity index (χ0n) is 10.9. The molecule has 3 aromatic heterocycles. The van der Waals surface area contributed by atoms with Crippen LogP contribution in [0.1, 0.15) is 17.4 Å². The van der Waals surface area contributed by atoms with Gasteiger partial charge in [0.2, 0.25) is 0 Å². The highest BCUT2D eigenvalue weighted by Crippen LogP contribution is 2.28. The number of hydrogen-bond donors (Lipinski definition) is 1. The van der Waals surface area contributed by atoms with Crippen molar-refractivity contribution in [2.75, 3.05) is 5.43 Å². The summed E-state index contributed by atoms with van der Waals surface area (Å²) in [6.45, 7) is 2.13. The van der Waals surface area contributed by atoms with Crippen LogP contribution in [-0.2, 0) is 6.42 Å². The van der Waals surface area contributed by atoms with Gasteiger partial charge in [0.1, 0.15) is 11.2 Å². The molecule has 0 aliphatic heterocycles. The molecular weight excluding hydrogens is 270 g/mol. The van der Waals surface area contributed by atoms with Crippen molar-refractivity contribution in [3.63, 3.8) is 0 Å². The van der Waals surface area contributed by atoms with Crippen LogP contribution in [0.3, 0.4) is 0 Å². The van der Waals surface area contributed by atoms with E-state index in [2.05, 4.69) is 38.5 Å². The van der Waals surface area contributed by atoms with Gasteiger partial charge in [-0.1, -0.05) is 6.92 Å². The van der Waals surface area contributed by atoms with Crippen LogP contribution in [0.5, 0.6) is 0 Å². The van der Waals surface area contributed by atoms with E-state index in [4.69, 9.17) is 0 Å². The molecule has 100 valence electrons. The number of aryl methyl sites for hydroxylation is 1. The highest BCUT2D eigenvalue weighted by molar-refractivity contribution is 7.18. The maximum absolute atomic E-state index is 4.28. The molecule has 6 heteroatoms. The van der Waals surface area contributed by atoms with Gasteiger partial charge in [0.25, 0.3) is 0 Å². The molecule has 0 amide bonds. The summed E-state index contributed by atoms with van der Waals surface area (Å²) >= 11 is 1.69. The van der Waals surface area contributed by atoms with Gasteiger partial charge >= 0.3 is 0 Å².